The molecule has 0 radical (unpaired) electrons. The first-order valence-electron chi connectivity index (χ1n) is 15.7. The number of nitrogens with zero attached hydrogens (tertiary/aromatic N) is 7. The van der Waals surface area contributed by atoms with Gasteiger partial charge in [-0.05, 0) is 31.3 Å². The summed E-state index contributed by atoms with van der Waals surface area (Å²) in [6.07, 6.45) is 2.70. The summed E-state index contributed by atoms with van der Waals surface area (Å²) >= 11 is 1.27. The smallest absolute Gasteiger partial charge is 0.418 e. The number of likely N-dealkylation sites (N-methyl/N-ethyl adjacent to an activating group) is 1. The van der Waals surface area contributed by atoms with Gasteiger partial charge in [-0.25, -0.2) is 23.5 Å². The zero-order valence-corrected chi connectivity index (χ0v) is 31.3. The molecule has 0 spiro atoms. The highest BCUT2D eigenvalue weighted by Crippen LogP contribution is 2.41. The van der Waals surface area contributed by atoms with Crippen molar-refractivity contribution in [2.24, 2.45) is 0 Å². The van der Waals surface area contributed by atoms with E-state index in [-0.39, 0.29) is 55.9 Å². The van der Waals surface area contributed by atoms with Crippen molar-refractivity contribution in [1.82, 2.24) is 25.1 Å². The van der Waals surface area contributed by atoms with Gasteiger partial charge in [-0.2, -0.15) is 9.83 Å². The number of hydrogen-bond donors (Lipinski definition) is 2. The number of carbonyl (C=O) groups excluding carboxylic acids is 2. The summed E-state index contributed by atoms with van der Waals surface area (Å²) in [5.41, 5.74) is 0.234. The SMILES string of the molecule is CNCC(=O)OCc1cccnc1N(C)C(=O)OC(C)[n+]1cnn(CC(O)(c2ccc(F)cc2F)C(C)c2nc(-c3ccc(C#N)cc3)cs2)c1.Cl.[Cl-]. The number of esters is 1. The molecule has 0 saturated carbocycles. The number of anilines is 1. The molecule has 3 aromatic heterocycles. The second-order valence-electron chi connectivity index (χ2n) is 11.6. The first-order valence-corrected chi connectivity index (χ1v) is 16.6. The van der Waals surface area contributed by atoms with Crippen LogP contribution >= 0.6 is 23.7 Å². The van der Waals surface area contributed by atoms with Crippen LogP contribution in [-0.4, -0.2) is 57.6 Å². The van der Waals surface area contributed by atoms with E-state index in [2.05, 4.69) is 21.5 Å². The Morgan fingerprint density at radius 3 is 2.60 bits per heavy atom. The highest BCUT2D eigenvalue weighted by atomic mass is 35.5. The molecule has 0 aliphatic carbocycles. The number of aromatic nitrogens is 5. The molecule has 0 aliphatic rings. The lowest BCUT2D eigenvalue weighted by molar-refractivity contribution is -0.753. The summed E-state index contributed by atoms with van der Waals surface area (Å²) in [6.45, 7) is 2.93. The van der Waals surface area contributed by atoms with Gasteiger partial charge in [-0.1, -0.05) is 31.2 Å². The van der Waals surface area contributed by atoms with Crippen LogP contribution in [0.5, 0.6) is 0 Å². The van der Waals surface area contributed by atoms with Crippen molar-refractivity contribution in [2.45, 2.75) is 44.7 Å². The molecule has 2 N–H and O–H groups in total. The Labute approximate surface area is 320 Å². The standard InChI is InChI=1S/C35H35F2N8O5S.2ClH/c1-22(33-42-30(18-51-33)25-9-7-24(15-38)8-10-25)35(48,28-12-11-27(36)14-29(28)37)19-45-21-44(20-41-45)23(2)50-34(47)43(4)32-26(6-5-13-40-32)17-49-31(46)16-39-3;;/h5-14,18,20-23,39,48H,16-17,19H2,1-4H3;2*1H/q+1;;/p-1. The summed E-state index contributed by atoms with van der Waals surface area (Å²) in [4.78, 5) is 35.1. The average Bonchev–Trinajstić information content (AvgIpc) is 3.81. The molecule has 0 saturated heterocycles. The van der Waals surface area contributed by atoms with Gasteiger partial charge < -0.3 is 32.3 Å². The average molecular weight is 790 g/mol. The maximum atomic E-state index is 15.3. The molecular weight excluding hydrogens is 753 g/mol. The summed E-state index contributed by atoms with van der Waals surface area (Å²) in [6, 6.07) is 15.2. The molecule has 3 unspecified atom stereocenters. The lowest BCUT2D eigenvalue weighted by Gasteiger charge is -2.32. The van der Waals surface area contributed by atoms with Crippen LogP contribution in [0, 0.1) is 23.0 Å². The Morgan fingerprint density at radius 1 is 1.19 bits per heavy atom. The molecule has 0 fully saturated rings. The molecular formula is C35H36Cl2F2N8O5S. The monoisotopic (exact) mass is 788 g/mol. The second-order valence-corrected chi connectivity index (χ2v) is 12.5. The number of carbonyl (C=O) groups is 2. The molecule has 2 aromatic carbocycles. The van der Waals surface area contributed by atoms with Gasteiger partial charge in [0.25, 0.3) is 6.33 Å². The number of nitriles is 1. The molecule has 5 aromatic rings. The molecule has 53 heavy (non-hydrogen) atoms. The van der Waals surface area contributed by atoms with E-state index in [0.29, 0.717) is 27.9 Å². The fourth-order valence-electron chi connectivity index (χ4n) is 5.26. The van der Waals surface area contributed by atoms with Crippen LogP contribution < -0.4 is 27.2 Å². The Bertz CT molecular complexity index is 2060. The van der Waals surface area contributed by atoms with Crippen LogP contribution in [0.2, 0.25) is 0 Å². The lowest BCUT2D eigenvalue weighted by atomic mass is 9.82. The molecule has 5 rings (SSSR count). The summed E-state index contributed by atoms with van der Waals surface area (Å²) < 4.78 is 43.0. The maximum absolute atomic E-state index is 15.3. The molecule has 3 heterocycles. The van der Waals surface area contributed by atoms with Gasteiger partial charge in [0.05, 0.1) is 28.9 Å². The summed E-state index contributed by atoms with van der Waals surface area (Å²) in [7, 11) is 3.09. The zero-order valence-electron chi connectivity index (χ0n) is 28.9. The molecule has 280 valence electrons. The van der Waals surface area contributed by atoms with E-state index in [1.165, 1.54) is 57.5 Å². The Morgan fingerprint density at radius 2 is 1.92 bits per heavy atom. The second kappa shape index (κ2) is 18.6. The van der Waals surface area contributed by atoms with Crippen molar-refractivity contribution in [3.05, 3.63) is 112 Å². The first-order chi connectivity index (χ1) is 24.4. The van der Waals surface area contributed by atoms with Crippen molar-refractivity contribution in [3.63, 3.8) is 0 Å². The third-order valence-electron chi connectivity index (χ3n) is 8.18. The van der Waals surface area contributed by atoms with E-state index >= 15 is 4.39 Å². The highest BCUT2D eigenvalue weighted by molar-refractivity contribution is 7.10. The van der Waals surface area contributed by atoms with Gasteiger partial charge in [0, 0.05) is 59.3 Å². The van der Waals surface area contributed by atoms with E-state index < -0.39 is 41.4 Å². The highest BCUT2D eigenvalue weighted by Gasteiger charge is 2.43. The van der Waals surface area contributed by atoms with Gasteiger partial charge in [0.15, 0.2) is 0 Å². The Balaban J connectivity index is 0.00000378. The number of thiazole rings is 1. The number of hydrogen-bond acceptors (Lipinski definition) is 11. The maximum Gasteiger partial charge on any atom is 0.418 e. The van der Waals surface area contributed by atoms with Gasteiger partial charge in [-0.15, -0.1) is 28.4 Å². The number of ether oxygens (including phenoxy) is 2. The predicted octanol–water partition coefficient (Wildman–Crippen LogP) is 2.01. The minimum Gasteiger partial charge on any atom is -1.00 e. The normalized spacial score (nSPS) is 12.9. The molecule has 1 amide bonds. The third-order valence-corrected chi connectivity index (χ3v) is 9.21. The lowest BCUT2D eigenvalue weighted by Crippen LogP contribution is -3.00. The Kier molecular flexibility index (Phi) is 14.9. The van der Waals surface area contributed by atoms with Crippen molar-refractivity contribution in [1.29, 1.82) is 5.26 Å². The van der Waals surface area contributed by atoms with E-state index in [9.17, 15) is 19.1 Å². The van der Waals surface area contributed by atoms with Gasteiger partial charge in [-0.3, -0.25) is 9.69 Å². The van der Waals surface area contributed by atoms with E-state index in [1.807, 2.05) is 0 Å². The van der Waals surface area contributed by atoms with Gasteiger partial charge in [0.1, 0.15) is 36.2 Å². The number of pyridine rings is 1. The molecule has 13 nitrogen and oxygen atoms in total. The molecule has 0 bridgehead atoms. The minimum atomic E-state index is -1.96. The van der Waals surface area contributed by atoms with Crippen LogP contribution in [0.25, 0.3) is 11.3 Å². The van der Waals surface area contributed by atoms with Crippen LogP contribution in [0.3, 0.4) is 0 Å². The fraction of sp³-hybridized carbons (Fsp3) is 0.286. The number of rotatable bonds is 13. The molecule has 0 aliphatic heterocycles. The van der Waals surface area contributed by atoms with Crippen LogP contribution in [0.15, 0.2) is 78.8 Å². The van der Waals surface area contributed by atoms with Crippen LogP contribution in [-0.2, 0) is 33.0 Å². The largest absolute Gasteiger partial charge is 1.00 e. The van der Waals surface area contributed by atoms with Crippen molar-refractivity contribution in [2.75, 3.05) is 25.5 Å². The van der Waals surface area contributed by atoms with Crippen molar-refractivity contribution >= 4 is 41.6 Å². The number of benzene rings is 2. The molecule has 3 atom stereocenters. The fourth-order valence-corrected chi connectivity index (χ4v) is 6.23. The van der Waals surface area contributed by atoms with Gasteiger partial charge in [0.2, 0.25) is 12.6 Å². The zero-order chi connectivity index (χ0) is 36.7. The van der Waals surface area contributed by atoms with Gasteiger partial charge >= 0.3 is 12.1 Å². The van der Waals surface area contributed by atoms with Crippen molar-refractivity contribution < 1.29 is 49.9 Å². The summed E-state index contributed by atoms with van der Waals surface area (Å²) in [5.74, 6) is -2.78. The number of amides is 1. The van der Waals surface area contributed by atoms with E-state index in [1.54, 1.807) is 62.7 Å². The first kappa shape index (κ1) is 42.4. The number of halogens is 4. The minimum absolute atomic E-state index is 0. The third kappa shape index (κ3) is 9.89. The number of aliphatic hydroxyl groups is 1. The van der Waals surface area contributed by atoms with E-state index in [0.717, 1.165) is 11.6 Å². The Hall–Kier alpha value is -5.05. The topological polar surface area (TPSA) is 159 Å². The summed E-state index contributed by atoms with van der Waals surface area (Å²) in [5, 5.41) is 30.7. The van der Waals surface area contributed by atoms with Crippen LogP contribution in [0.1, 0.15) is 47.7 Å². The van der Waals surface area contributed by atoms with Crippen molar-refractivity contribution in [3.8, 4) is 17.3 Å². The quantitative estimate of drug-likeness (QED) is 0.134. The predicted molar refractivity (Wildman–Crippen MR) is 188 cm³/mol. The van der Waals surface area contributed by atoms with E-state index in [4.69, 9.17) is 19.7 Å². The number of nitrogens with one attached hydrogen (secondary N) is 1. The molecule has 18 heteroatoms. The van der Waals surface area contributed by atoms with Crippen LogP contribution in [0.4, 0.5) is 19.4 Å².